The number of hydrogen-bond donors (Lipinski definition) is 2. The van der Waals surface area contributed by atoms with E-state index in [2.05, 4.69) is 19.9 Å². The van der Waals surface area contributed by atoms with Crippen LogP contribution in [0.1, 0.15) is 46.0 Å². The van der Waals surface area contributed by atoms with Crippen LogP contribution in [0.25, 0.3) is 10.2 Å². The van der Waals surface area contributed by atoms with Gasteiger partial charge in [0.2, 0.25) is 0 Å². The van der Waals surface area contributed by atoms with E-state index in [1.54, 1.807) is 11.3 Å². The summed E-state index contributed by atoms with van der Waals surface area (Å²) in [6.45, 7) is -0.0996. The summed E-state index contributed by atoms with van der Waals surface area (Å²) in [5.74, 6) is 0.164. The SMILES string of the molecule is Nc1nccnc1C(=O)OCc1nc(N)c2c3c(sc2n1)CCCCC3. The first-order valence-electron chi connectivity index (χ1n) is 8.43. The first kappa shape index (κ1) is 16.6. The lowest BCUT2D eigenvalue weighted by Crippen LogP contribution is -2.13. The van der Waals surface area contributed by atoms with Crippen molar-refractivity contribution in [1.29, 1.82) is 0 Å². The monoisotopic (exact) mass is 370 g/mol. The number of anilines is 2. The first-order valence-corrected chi connectivity index (χ1v) is 9.25. The van der Waals surface area contributed by atoms with Crippen molar-refractivity contribution in [3.8, 4) is 0 Å². The standard InChI is InChI=1S/C17H18N6O2S/c18-14-12-9-4-2-1-3-5-10(9)26-16(12)23-11(22-14)8-25-17(24)13-15(19)21-7-6-20-13/h6-7H,1-5,8H2,(H2,19,21)(H2,18,22,23). The van der Waals surface area contributed by atoms with Crippen LogP contribution in [-0.4, -0.2) is 25.9 Å². The van der Waals surface area contributed by atoms with Crippen molar-refractivity contribution in [2.24, 2.45) is 0 Å². The molecule has 134 valence electrons. The molecule has 3 aromatic rings. The number of nitrogens with two attached hydrogens (primary N) is 2. The first-order chi connectivity index (χ1) is 12.6. The van der Waals surface area contributed by atoms with Gasteiger partial charge in [-0.05, 0) is 31.2 Å². The zero-order valence-electron chi connectivity index (χ0n) is 14.1. The van der Waals surface area contributed by atoms with Crippen molar-refractivity contribution in [2.45, 2.75) is 38.7 Å². The molecule has 0 unspecified atom stereocenters. The zero-order valence-corrected chi connectivity index (χ0v) is 14.9. The number of carbonyl (C=O) groups excluding carboxylic acids is 1. The summed E-state index contributed by atoms with van der Waals surface area (Å²) >= 11 is 1.66. The maximum atomic E-state index is 12.1. The van der Waals surface area contributed by atoms with Crippen LogP contribution in [0, 0.1) is 0 Å². The number of carbonyl (C=O) groups is 1. The van der Waals surface area contributed by atoms with Crippen LogP contribution in [0.2, 0.25) is 0 Å². The molecule has 3 aromatic heterocycles. The van der Waals surface area contributed by atoms with Gasteiger partial charge in [-0.2, -0.15) is 0 Å². The van der Waals surface area contributed by atoms with E-state index in [-0.39, 0.29) is 18.1 Å². The van der Waals surface area contributed by atoms with Gasteiger partial charge in [-0.25, -0.2) is 24.7 Å². The molecule has 1 aliphatic carbocycles. The third-order valence-electron chi connectivity index (χ3n) is 4.39. The molecule has 0 radical (unpaired) electrons. The molecule has 0 amide bonds. The van der Waals surface area contributed by atoms with E-state index in [1.165, 1.54) is 35.7 Å². The van der Waals surface area contributed by atoms with Gasteiger partial charge in [-0.15, -0.1) is 11.3 Å². The number of aromatic nitrogens is 4. The highest BCUT2D eigenvalue weighted by molar-refractivity contribution is 7.19. The molecule has 0 atom stereocenters. The van der Waals surface area contributed by atoms with E-state index in [1.807, 2.05) is 0 Å². The van der Waals surface area contributed by atoms with Gasteiger partial charge in [0, 0.05) is 17.3 Å². The fourth-order valence-electron chi connectivity index (χ4n) is 3.18. The summed E-state index contributed by atoms with van der Waals surface area (Å²) in [5, 5.41) is 0.958. The molecule has 9 heteroatoms. The Morgan fingerprint density at radius 1 is 1.08 bits per heavy atom. The Bertz CT molecular complexity index is 987. The Morgan fingerprint density at radius 2 is 1.88 bits per heavy atom. The van der Waals surface area contributed by atoms with Crippen LogP contribution >= 0.6 is 11.3 Å². The molecule has 3 heterocycles. The molecular weight excluding hydrogens is 352 g/mol. The molecule has 4 N–H and O–H groups in total. The molecule has 0 fully saturated rings. The molecule has 26 heavy (non-hydrogen) atoms. The van der Waals surface area contributed by atoms with E-state index >= 15 is 0 Å². The molecule has 4 rings (SSSR count). The van der Waals surface area contributed by atoms with Crippen LogP contribution in [-0.2, 0) is 24.2 Å². The van der Waals surface area contributed by atoms with E-state index < -0.39 is 5.97 Å². The number of ether oxygens (including phenoxy) is 1. The fraction of sp³-hybridized carbons (Fsp3) is 0.353. The molecule has 0 saturated heterocycles. The van der Waals surface area contributed by atoms with Crippen LogP contribution in [0.3, 0.4) is 0 Å². The molecule has 0 aliphatic heterocycles. The Labute approximate surface area is 153 Å². The number of thiophene rings is 1. The van der Waals surface area contributed by atoms with Gasteiger partial charge in [-0.3, -0.25) is 0 Å². The summed E-state index contributed by atoms with van der Waals surface area (Å²) in [7, 11) is 0. The number of rotatable bonds is 3. The Hall–Kier alpha value is -2.81. The second kappa shape index (κ2) is 6.83. The number of nitrogens with zero attached hydrogens (tertiary/aromatic N) is 4. The smallest absolute Gasteiger partial charge is 0.361 e. The minimum Gasteiger partial charge on any atom is -0.453 e. The second-order valence-electron chi connectivity index (χ2n) is 6.14. The van der Waals surface area contributed by atoms with Crippen LogP contribution in [0.15, 0.2) is 12.4 Å². The van der Waals surface area contributed by atoms with Gasteiger partial charge in [-0.1, -0.05) is 6.42 Å². The molecule has 0 spiro atoms. The topological polar surface area (TPSA) is 130 Å². The minimum absolute atomic E-state index is 0.0235. The van der Waals surface area contributed by atoms with Crippen molar-refractivity contribution in [1.82, 2.24) is 19.9 Å². The highest BCUT2D eigenvalue weighted by Gasteiger charge is 2.20. The largest absolute Gasteiger partial charge is 0.453 e. The van der Waals surface area contributed by atoms with Crippen molar-refractivity contribution in [3.05, 3.63) is 34.4 Å². The summed E-state index contributed by atoms with van der Waals surface area (Å²) in [5.41, 5.74) is 13.1. The van der Waals surface area contributed by atoms with Crippen molar-refractivity contribution < 1.29 is 9.53 Å². The number of aryl methyl sites for hydroxylation is 2. The number of hydrogen-bond acceptors (Lipinski definition) is 9. The average molecular weight is 370 g/mol. The van der Waals surface area contributed by atoms with Crippen molar-refractivity contribution >= 4 is 39.2 Å². The number of esters is 1. The lowest BCUT2D eigenvalue weighted by atomic mass is 10.1. The third-order valence-corrected chi connectivity index (χ3v) is 5.58. The van der Waals surface area contributed by atoms with Gasteiger partial charge in [0.15, 0.2) is 23.9 Å². The lowest BCUT2D eigenvalue weighted by molar-refractivity contribution is 0.0456. The van der Waals surface area contributed by atoms with E-state index in [9.17, 15) is 4.79 Å². The second-order valence-corrected chi connectivity index (χ2v) is 7.22. The van der Waals surface area contributed by atoms with Gasteiger partial charge < -0.3 is 16.2 Å². The molecular formula is C17H18N6O2S. The molecule has 1 aliphatic rings. The average Bonchev–Trinajstić information content (AvgIpc) is 2.82. The van der Waals surface area contributed by atoms with E-state index in [4.69, 9.17) is 16.2 Å². The Kier molecular flexibility index (Phi) is 4.37. The predicted molar refractivity (Wildman–Crippen MR) is 98.7 cm³/mol. The summed E-state index contributed by atoms with van der Waals surface area (Å²) in [6, 6.07) is 0. The molecule has 0 aromatic carbocycles. The van der Waals surface area contributed by atoms with Gasteiger partial charge in [0.1, 0.15) is 10.6 Å². The summed E-state index contributed by atoms with van der Waals surface area (Å²) in [6.07, 6.45) is 8.46. The maximum absolute atomic E-state index is 12.1. The van der Waals surface area contributed by atoms with Crippen molar-refractivity contribution in [2.75, 3.05) is 11.5 Å². The summed E-state index contributed by atoms with van der Waals surface area (Å²) < 4.78 is 5.22. The molecule has 0 bridgehead atoms. The van der Waals surface area contributed by atoms with Crippen LogP contribution in [0.4, 0.5) is 11.6 Å². The van der Waals surface area contributed by atoms with Gasteiger partial charge in [0.05, 0.1) is 5.39 Å². The van der Waals surface area contributed by atoms with Crippen LogP contribution in [0.5, 0.6) is 0 Å². The molecule has 0 saturated carbocycles. The highest BCUT2D eigenvalue weighted by Crippen LogP contribution is 2.37. The van der Waals surface area contributed by atoms with E-state index in [0.717, 1.165) is 29.5 Å². The van der Waals surface area contributed by atoms with Crippen LogP contribution < -0.4 is 11.5 Å². The van der Waals surface area contributed by atoms with Gasteiger partial charge in [0.25, 0.3) is 0 Å². The van der Waals surface area contributed by atoms with Gasteiger partial charge >= 0.3 is 5.97 Å². The van der Waals surface area contributed by atoms with Crippen molar-refractivity contribution in [3.63, 3.8) is 0 Å². The normalized spacial score (nSPS) is 14.0. The molecule has 8 nitrogen and oxygen atoms in total. The highest BCUT2D eigenvalue weighted by atomic mass is 32.1. The summed E-state index contributed by atoms with van der Waals surface area (Å²) in [4.78, 5) is 30.9. The predicted octanol–water partition coefficient (Wildman–Crippen LogP) is 2.27. The zero-order chi connectivity index (χ0) is 18.1. The number of nitrogen functional groups attached to an aromatic ring is 2. The lowest BCUT2D eigenvalue weighted by Gasteiger charge is -2.06. The Morgan fingerprint density at radius 3 is 2.73 bits per heavy atom. The minimum atomic E-state index is -0.667. The fourth-order valence-corrected chi connectivity index (χ4v) is 4.47. The maximum Gasteiger partial charge on any atom is 0.361 e. The Balaban J connectivity index is 1.58. The number of fused-ring (bicyclic) bond motifs is 3. The van der Waals surface area contributed by atoms with E-state index in [0.29, 0.717) is 11.6 Å². The quantitative estimate of drug-likeness (QED) is 0.530. The third kappa shape index (κ3) is 3.05.